The summed E-state index contributed by atoms with van der Waals surface area (Å²) >= 11 is 0. The monoisotopic (exact) mass is 222 g/mol. The van der Waals surface area contributed by atoms with E-state index in [9.17, 15) is 0 Å². The lowest BCUT2D eigenvalue weighted by atomic mass is 10.3. The van der Waals surface area contributed by atoms with Gasteiger partial charge in [0.15, 0.2) is 0 Å². The van der Waals surface area contributed by atoms with Crippen LogP contribution in [-0.2, 0) is 9.47 Å². The summed E-state index contributed by atoms with van der Waals surface area (Å²) in [6, 6.07) is 6.08. The van der Waals surface area contributed by atoms with E-state index < -0.39 is 0 Å². The minimum atomic E-state index is 0.260. The molecule has 1 fully saturated rings. The Balaban J connectivity index is 1.69. The fourth-order valence-corrected chi connectivity index (χ4v) is 1.67. The van der Waals surface area contributed by atoms with Crippen LogP contribution in [0.3, 0.4) is 0 Å². The van der Waals surface area contributed by atoms with Crippen LogP contribution in [0.15, 0.2) is 24.4 Å². The first-order valence-corrected chi connectivity index (χ1v) is 5.71. The molecule has 2 atom stereocenters. The van der Waals surface area contributed by atoms with Gasteiger partial charge in [-0.25, -0.2) is 4.98 Å². The maximum Gasteiger partial charge on any atom is 0.126 e. The van der Waals surface area contributed by atoms with Gasteiger partial charge in [0.05, 0.1) is 19.3 Å². The predicted molar refractivity (Wildman–Crippen MR) is 62.5 cm³/mol. The summed E-state index contributed by atoms with van der Waals surface area (Å²) in [5.74, 6) is 0.890. The largest absolute Gasteiger partial charge is 0.379 e. The van der Waals surface area contributed by atoms with Crippen molar-refractivity contribution in [3.8, 4) is 0 Å². The van der Waals surface area contributed by atoms with Crippen LogP contribution < -0.4 is 5.32 Å². The standard InChI is InChI=1S/C12H18N2O2/c1-10(8-16-11-5-7-15-9-11)14-12-4-2-3-6-13-12/h2-4,6,10-11H,5,7-9H2,1H3,(H,13,14). The zero-order chi connectivity index (χ0) is 11.2. The van der Waals surface area contributed by atoms with Crippen LogP contribution in [0.4, 0.5) is 5.82 Å². The number of ether oxygens (including phenoxy) is 2. The lowest BCUT2D eigenvalue weighted by Gasteiger charge is -2.17. The van der Waals surface area contributed by atoms with Crippen LogP contribution in [0, 0.1) is 0 Å². The maximum atomic E-state index is 5.72. The molecule has 1 saturated heterocycles. The van der Waals surface area contributed by atoms with E-state index >= 15 is 0 Å². The van der Waals surface area contributed by atoms with Crippen LogP contribution in [-0.4, -0.2) is 37.0 Å². The van der Waals surface area contributed by atoms with Crippen molar-refractivity contribution < 1.29 is 9.47 Å². The third-order valence-corrected chi connectivity index (χ3v) is 2.53. The summed E-state index contributed by atoms with van der Waals surface area (Å²) in [6.45, 7) is 4.33. The summed E-state index contributed by atoms with van der Waals surface area (Å²) in [5, 5.41) is 3.29. The topological polar surface area (TPSA) is 43.4 Å². The van der Waals surface area contributed by atoms with Gasteiger partial charge in [0.25, 0.3) is 0 Å². The first kappa shape index (κ1) is 11.4. The molecular weight excluding hydrogens is 204 g/mol. The number of rotatable bonds is 5. The highest BCUT2D eigenvalue weighted by Gasteiger charge is 2.16. The molecule has 2 rings (SSSR count). The first-order valence-electron chi connectivity index (χ1n) is 5.71. The second-order valence-corrected chi connectivity index (χ2v) is 4.08. The lowest BCUT2D eigenvalue weighted by molar-refractivity contribution is 0.0395. The molecule has 2 heterocycles. The number of hydrogen-bond acceptors (Lipinski definition) is 4. The Bertz CT molecular complexity index is 299. The van der Waals surface area contributed by atoms with Gasteiger partial charge in [-0.3, -0.25) is 0 Å². The molecular formula is C12H18N2O2. The predicted octanol–water partition coefficient (Wildman–Crippen LogP) is 1.69. The molecule has 1 aromatic heterocycles. The molecule has 0 amide bonds. The summed E-state index contributed by atoms with van der Waals surface area (Å²) < 4.78 is 11.0. The van der Waals surface area contributed by atoms with Gasteiger partial charge in [0, 0.05) is 18.8 Å². The molecule has 0 aliphatic carbocycles. The van der Waals surface area contributed by atoms with Crippen molar-refractivity contribution in [2.24, 2.45) is 0 Å². The van der Waals surface area contributed by atoms with Crippen molar-refractivity contribution >= 4 is 5.82 Å². The second-order valence-electron chi connectivity index (χ2n) is 4.08. The molecule has 16 heavy (non-hydrogen) atoms. The molecule has 0 aromatic carbocycles. The van der Waals surface area contributed by atoms with Crippen molar-refractivity contribution in [2.45, 2.75) is 25.5 Å². The molecule has 1 aromatic rings. The van der Waals surface area contributed by atoms with E-state index in [1.54, 1.807) is 6.20 Å². The van der Waals surface area contributed by atoms with E-state index in [2.05, 4.69) is 17.2 Å². The van der Waals surface area contributed by atoms with Crippen molar-refractivity contribution in [1.29, 1.82) is 0 Å². The molecule has 1 aliphatic heterocycles. The SMILES string of the molecule is CC(COC1CCOC1)Nc1ccccn1. The summed E-state index contributed by atoms with van der Waals surface area (Å²) in [5.41, 5.74) is 0. The van der Waals surface area contributed by atoms with Gasteiger partial charge in [-0.05, 0) is 25.5 Å². The van der Waals surface area contributed by atoms with E-state index in [0.29, 0.717) is 6.61 Å². The first-order chi connectivity index (χ1) is 7.84. The Morgan fingerprint density at radius 1 is 1.62 bits per heavy atom. The van der Waals surface area contributed by atoms with Gasteiger partial charge < -0.3 is 14.8 Å². The molecule has 4 heteroatoms. The molecule has 1 N–H and O–H groups in total. The van der Waals surface area contributed by atoms with E-state index in [0.717, 1.165) is 25.5 Å². The van der Waals surface area contributed by atoms with Gasteiger partial charge in [-0.15, -0.1) is 0 Å². The normalized spacial score (nSPS) is 21.9. The van der Waals surface area contributed by atoms with Gasteiger partial charge >= 0.3 is 0 Å². The van der Waals surface area contributed by atoms with Gasteiger partial charge in [-0.1, -0.05) is 6.07 Å². The van der Waals surface area contributed by atoms with Crippen molar-refractivity contribution in [2.75, 3.05) is 25.1 Å². The van der Waals surface area contributed by atoms with Crippen molar-refractivity contribution in [3.05, 3.63) is 24.4 Å². The zero-order valence-corrected chi connectivity index (χ0v) is 9.56. The Morgan fingerprint density at radius 3 is 3.25 bits per heavy atom. The third-order valence-electron chi connectivity index (χ3n) is 2.53. The zero-order valence-electron chi connectivity index (χ0n) is 9.56. The molecule has 0 bridgehead atoms. The van der Waals surface area contributed by atoms with Crippen molar-refractivity contribution in [1.82, 2.24) is 4.98 Å². The summed E-state index contributed by atoms with van der Waals surface area (Å²) in [4.78, 5) is 4.21. The maximum absolute atomic E-state index is 5.72. The van der Waals surface area contributed by atoms with Gasteiger partial charge in [0.2, 0.25) is 0 Å². The third kappa shape index (κ3) is 3.47. The molecule has 1 aliphatic rings. The summed E-state index contributed by atoms with van der Waals surface area (Å²) in [7, 11) is 0. The number of aromatic nitrogens is 1. The smallest absolute Gasteiger partial charge is 0.126 e. The van der Waals surface area contributed by atoms with E-state index in [-0.39, 0.29) is 12.1 Å². The van der Waals surface area contributed by atoms with E-state index in [4.69, 9.17) is 9.47 Å². The Hall–Kier alpha value is -1.13. The molecule has 0 radical (unpaired) electrons. The van der Waals surface area contributed by atoms with Crippen LogP contribution >= 0.6 is 0 Å². The Labute approximate surface area is 96.0 Å². The van der Waals surface area contributed by atoms with Crippen LogP contribution in [0.5, 0.6) is 0 Å². The fourth-order valence-electron chi connectivity index (χ4n) is 1.67. The van der Waals surface area contributed by atoms with E-state index in [1.165, 1.54) is 0 Å². The fraction of sp³-hybridized carbons (Fsp3) is 0.583. The number of nitrogens with one attached hydrogen (secondary N) is 1. The highest BCUT2D eigenvalue weighted by Crippen LogP contribution is 2.09. The van der Waals surface area contributed by atoms with Crippen molar-refractivity contribution in [3.63, 3.8) is 0 Å². The highest BCUT2D eigenvalue weighted by molar-refractivity contribution is 5.34. The van der Waals surface area contributed by atoms with Gasteiger partial charge in [0.1, 0.15) is 5.82 Å². The van der Waals surface area contributed by atoms with Crippen LogP contribution in [0.25, 0.3) is 0 Å². The van der Waals surface area contributed by atoms with Gasteiger partial charge in [-0.2, -0.15) is 0 Å². The lowest BCUT2D eigenvalue weighted by Crippen LogP contribution is -2.26. The molecule has 0 spiro atoms. The highest BCUT2D eigenvalue weighted by atomic mass is 16.5. The molecule has 88 valence electrons. The molecule has 4 nitrogen and oxygen atoms in total. The van der Waals surface area contributed by atoms with Crippen LogP contribution in [0.1, 0.15) is 13.3 Å². The Morgan fingerprint density at radius 2 is 2.56 bits per heavy atom. The average Bonchev–Trinajstić information content (AvgIpc) is 2.81. The quantitative estimate of drug-likeness (QED) is 0.823. The number of pyridine rings is 1. The van der Waals surface area contributed by atoms with E-state index in [1.807, 2.05) is 18.2 Å². The minimum Gasteiger partial charge on any atom is -0.379 e. The Kier molecular flexibility index (Phi) is 4.13. The summed E-state index contributed by atoms with van der Waals surface area (Å²) in [6.07, 6.45) is 3.06. The molecule has 0 saturated carbocycles. The number of anilines is 1. The average molecular weight is 222 g/mol. The van der Waals surface area contributed by atoms with Crippen LogP contribution in [0.2, 0.25) is 0 Å². The number of nitrogens with zero attached hydrogens (tertiary/aromatic N) is 1. The second kappa shape index (κ2) is 5.82. The number of hydrogen-bond donors (Lipinski definition) is 1. The molecule has 2 unspecified atom stereocenters. The minimum absolute atomic E-state index is 0.260.